The Bertz CT molecular complexity index is 1190. The van der Waals surface area contributed by atoms with E-state index in [0.29, 0.717) is 38.6 Å². The molecule has 48 heavy (non-hydrogen) atoms. The second-order valence-electron chi connectivity index (χ2n) is 14.3. The number of hydrogen-bond acceptors (Lipinski definition) is 8. The molecule has 15 heteroatoms. The monoisotopic (exact) mass is 679 g/mol. The number of carboxylic acids is 1. The molecule has 6 amide bonds. The van der Waals surface area contributed by atoms with Gasteiger partial charge in [0.05, 0.1) is 6.04 Å². The van der Waals surface area contributed by atoms with Crippen LogP contribution in [0.2, 0.25) is 0 Å². The zero-order chi connectivity index (χ0) is 36.5. The molecular weight excluding hydrogens is 622 g/mol. The van der Waals surface area contributed by atoms with E-state index in [1.165, 1.54) is 23.6 Å². The quantitative estimate of drug-likeness (QED) is 0.130. The van der Waals surface area contributed by atoms with Crippen molar-refractivity contribution < 1.29 is 38.7 Å². The average Bonchev–Trinajstić information content (AvgIpc) is 3.69. The van der Waals surface area contributed by atoms with Crippen LogP contribution < -0.4 is 27.0 Å². The summed E-state index contributed by atoms with van der Waals surface area (Å²) in [5, 5.41) is 19.8. The van der Waals surface area contributed by atoms with E-state index >= 15 is 0 Å². The van der Waals surface area contributed by atoms with Crippen LogP contribution in [0.1, 0.15) is 93.9 Å². The Balaban J connectivity index is 2.12. The van der Waals surface area contributed by atoms with Crippen molar-refractivity contribution in [3.63, 3.8) is 0 Å². The number of carbonyl (C=O) groups is 7. The highest BCUT2D eigenvalue weighted by Crippen LogP contribution is 2.22. The summed E-state index contributed by atoms with van der Waals surface area (Å²) < 4.78 is 0. The van der Waals surface area contributed by atoms with Gasteiger partial charge in [-0.1, -0.05) is 41.5 Å². The van der Waals surface area contributed by atoms with Gasteiger partial charge in [-0.3, -0.25) is 33.6 Å². The summed E-state index contributed by atoms with van der Waals surface area (Å²) in [6.45, 7) is 14.7. The number of hydrogen-bond donors (Lipinski definition) is 6. The number of nitrogens with one attached hydrogen (secondary N) is 4. The predicted octanol–water partition coefficient (Wildman–Crippen LogP) is 0.108. The Morgan fingerprint density at radius 1 is 0.646 bits per heavy atom. The van der Waals surface area contributed by atoms with Crippen LogP contribution >= 0.6 is 0 Å². The number of amides is 6. The topological polar surface area (TPSA) is 220 Å². The summed E-state index contributed by atoms with van der Waals surface area (Å²) in [5.74, 6) is -4.22. The molecule has 2 rings (SSSR count). The standard InChI is InChI=1S/C33H57N7O8/c1-17(2)15-22(31(45)40-14-10-12-25(40)29(43)36-21(8)33(47)48)37-27(41)20(7)35-28(42)24-11-9-13-39(24)32(46)23(16-18(3)4)38-30(44)26(34)19(5)6/h17-26H,9-16,34H2,1-8H3,(H,35,42)(H,36,43)(H,37,41)(H,38,44)(H,47,48)/t20-,21-,22-,23-,24-,25-,26-/m0/s1. The van der Waals surface area contributed by atoms with Crippen LogP contribution in [0.5, 0.6) is 0 Å². The van der Waals surface area contributed by atoms with Gasteiger partial charge in [0, 0.05) is 13.1 Å². The zero-order valence-corrected chi connectivity index (χ0v) is 29.7. The summed E-state index contributed by atoms with van der Waals surface area (Å²) >= 11 is 0. The maximum atomic E-state index is 13.7. The molecule has 0 saturated carbocycles. The van der Waals surface area contributed by atoms with Crippen molar-refractivity contribution in [2.45, 2.75) is 136 Å². The van der Waals surface area contributed by atoms with Crippen LogP contribution in [0.25, 0.3) is 0 Å². The van der Waals surface area contributed by atoms with Gasteiger partial charge in [0.15, 0.2) is 0 Å². The molecule has 0 bridgehead atoms. The lowest BCUT2D eigenvalue weighted by Gasteiger charge is -2.31. The van der Waals surface area contributed by atoms with Crippen molar-refractivity contribution in [3.05, 3.63) is 0 Å². The smallest absolute Gasteiger partial charge is 0.325 e. The highest BCUT2D eigenvalue weighted by molar-refractivity contribution is 5.97. The lowest BCUT2D eigenvalue weighted by Crippen LogP contribution is -2.59. The molecule has 0 unspecified atom stereocenters. The van der Waals surface area contributed by atoms with Gasteiger partial charge in [-0.25, -0.2) is 0 Å². The van der Waals surface area contributed by atoms with Crippen LogP contribution in [0, 0.1) is 17.8 Å². The molecule has 2 saturated heterocycles. The van der Waals surface area contributed by atoms with Gasteiger partial charge in [-0.05, 0) is 70.1 Å². The van der Waals surface area contributed by atoms with Crippen LogP contribution in [-0.4, -0.2) is 112 Å². The minimum atomic E-state index is -1.20. The van der Waals surface area contributed by atoms with E-state index in [2.05, 4.69) is 21.3 Å². The maximum absolute atomic E-state index is 13.7. The summed E-state index contributed by atoms with van der Waals surface area (Å²) in [4.78, 5) is 93.7. The maximum Gasteiger partial charge on any atom is 0.325 e. The van der Waals surface area contributed by atoms with Crippen LogP contribution in [-0.2, 0) is 33.6 Å². The SMILES string of the molecule is CC(C)C[C@H](NC(=O)[C@H](C)NC(=O)[C@@H]1CCCN1C(=O)[C@H](CC(C)C)NC(=O)[C@@H](N)C(C)C)C(=O)N1CCC[C@H]1C(=O)N[C@@H](C)C(=O)O. The lowest BCUT2D eigenvalue weighted by molar-refractivity contribution is -0.145. The first kappa shape index (κ1) is 40.4. The second kappa shape index (κ2) is 18.1. The first-order valence-corrected chi connectivity index (χ1v) is 17.2. The van der Waals surface area contributed by atoms with Crippen molar-refractivity contribution in [2.75, 3.05) is 13.1 Å². The molecule has 7 atom stereocenters. The predicted molar refractivity (Wildman–Crippen MR) is 178 cm³/mol. The first-order valence-electron chi connectivity index (χ1n) is 17.2. The molecule has 0 aromatic rings. The van der Waals surface area contributed by atoms with Crippen molar-refractivity contribution in [1.29, 1.82) is 0 Å². The van der Waals surface area contributed by atoms with Crippen molar-refractivity contribution >= 4 is 41.4 Å². The Labute approximate surface area is 283 Å². The molecule has 2 aliphatic rings. The van der Waals surface area contributed by atoms with Gasteiger partial charge in [0.2, 0.25) is 35.4 Å². The van der Waals surface area contributed by atoms with E-state index in [9.17, 15) is 38.7 Å². The Morgan fingerprint density at radius 3 is 1.42 bits per heavy atom. The molecule has 272 valence electrons. The van der Waals surface area contributed by atoms with E-state index in [4.69, 9.17) is 5.73 Å². The number of likely N-dealkylation sites (tertiary alicyclic amines) is 2. The summed E-state index contributed by atoms with van der Waals surface area (Å²) in [6, 6.07) is -6.51. The summed E-state index contributed by atoms with van der Waals surface area (Å²) in [7, 11) is 0. The minimum Gasteiger partial charge on any atom is -0.480 e. The Morgan fingerprint density at radius 2 is 1.04 bits per heavy atom. The molecule has 0 aliphatic carbocycles. The van der Waals surface area contributed by atoms with Gasteiger partial charge in [0.25, 0.3) is 0 Å². The average molecular weight is 680 g/mol. The van der Waals surface area contributed by atoms with Crippen LogP contribution in [0.3, 0.4) is 0 Å². The highest BCUT2D eigenvalue weighted by Gasteiger charge is 2.41. The van der Waals surface area contributed by atoms with E-state index in [0.717, 1.165) is 0 Å². The third-order valence-corrected chi connectivity index (χ3v) is 8.82. The van der Waals surface area contributed by atoms with Gasteiger partial charge >= 0.3 is 5.97 Å². The third kappa shape index (κ3) is 11.2. The van der Waals surface area contributed by atoms with Gasteiger partial charge in [-0.15, -0.1) is 0 Å². The van der Waals surface area contributed by atoms with E-state index in [1.807, 2.05) is 41.5 Å². The third-order valence-electron chi connectivity index (χ3n) is 8.82. The molecule has 0 aromatic carbocycles. The second-order valence-corrected chi connectivity index (χ2v) is 14.3. The number of rotatable bonds is 16. The fraction of sp³-hybridized carbons (Fsp3) is 0.788. The summed E-state index contributed by atoms with van der Waals surface area (Å²) in [6.07, 6.45) is 2.50. The number of nitrogens with zero attached hydrogens (tertiary/aromatic N) is 2. The minimum absolute atomic E-state index is 0.00140. The Kier molecular flexibility index (Phi) is 15.3. The lowest BCUT2D eigenvalue weighted by atomic mass is 10.00. The van der Waals surface area contributed by atoms with E-state index in [1.54, 1.807) is 0 Å². The molecule has 0 radical (unpaired) electrons. The largest absolute Gasteiger partial charge is 0.480 e. The Hall–Kier alpha value is -3.75. The molecular formula is C33H57N7O8. The molecule has 0 aromatic heterocycles. The zero-order valence-electron chi connectivity index (χ0n) is 29.7. The van der Waals surface area contributed by atoms with Crippen LogP contribution in [0.15, 0.2) is 0 Å². The van der Waals surface area contributed by atoms with Gasteiger partial charge in [-0.2, -0.15) is 0 Å². The van der Waals surface area contributed by atoms with Crippen LogP contribution in [0.4, 0.5) is 0 Å². The highest BCUT2D eigenvalue weighted by atomic mass is 16.4. The van der Waals surface area contributed by atoms with E-state index < -0.39 is 77.8 Å². The van der Waals surface area contributed by atoms with E-state index in [-0.39, 0.29) is 36.6 Å². The normalized spacial score (nSPS) is 21.0. The fourth-order valence-electron chi connectivity index (χ4n) is 6.01. The van der Waals surface area contributed by atoms with Crippen molar-refractivity contribution in [1.82, 2.24) is 31.1 Å². The molecule has 0 spiro atoms. The number of aliphatic carboxylic acids is 1. The van der Waals surface area contributed by atoms with Crippen molar-refractivity contribution in [2.24, 2.45) is 23.5 Å². The molecule has 2 fully saturated rings. The fourth-order valence-corrected chi connectivity index (χ4v) is 6.01. The molecule has 15 nitrogen and oxygen atoms in total. The van der Waals surface area contributed by atoms with Gasteiger partial charge in [0.1, 0.15) is 36.3 Å². The number of nitrogens with two attached hydrogens (primary N) is 1. The number of carbonyl (C=O) groups excluding carboxylic acids is 6. The molecule has 7 N–H and O–H groups in total. The first-order chi connectivity index (χ1) is 22.3. The molecule has 2 aliphatic heterocycles. The molecule has 2 heterocycles. The van der Waals surface area contributed by atoms with Gasteiger partial charge < -0.3 is 41.9 Å². The van der Waals surface area contributed by atoms with Crippen molar-refractivity contribution in [3.8, 4) is 0 Å². The summed E-state index contributed by atoms with van der Waals surface area (Å²) in [5.41, 5.74) is 6.01. The number of carboxylic acid groups (broad SMARTS) is 1.